The van der Waals surface area contributed by atoms with Crippen LogP contribution in [-0.4, -0.2) is 80.7 Å². The number of benzene rings is 3. The zero-order valence-corrected chi connectivity index (χ0v) is 28.5. The zero-order valence-electron chi connectivity index (χ0n) is 27.7. The summed E-state index contributed by atoms with van der Waals surface area (Å²) in [5.41, 5.74) is 5.10. The lowest BCUT2D eigenvalue weighted by atomic mass is 10.0. The lowest BCUT2D eigenvalue weighted by Crippen LogP contribution is -2.31. The van der Waals surface area contributed by atoms with Gasteiger partial charge < -0.3 is 9.47 Å². The SMILES string of the molecule is CC(C)OCCCN1C(=O)c2ccc(C#Cc3ccc(C#Cc4ccc5c(c4)C(=O)N(CCCOC(C)C)C5=O)c4nsnc34)cc2C1=O. The van der Waals surface area contributed by atoms with Gasteiger partial charge in [0.05, 0.1) is 57.3 Å². The number of rotatable bonds is 10. The summed E-state index contributed by atoms with van der Waals surface area (Å²) in [7, 11) is 0. The third kappa shape index (κ3) is 7.15. The number of amides is 4. The van der Waals surface area contributed by atoms with Crippen molar-refractivity contribution in [2.24, 2.45) is 0 Å². The average molecular weight is 675 g/mol. The van der Waals surface area contributed by atoms with E-state index in [2.05, 4.69) is 32.4 Å². The summed E-state index contributed by atoms with van der Waals surface area (Å²) in [6, 6.07) is 13.7. The van der Waals surface area contributed by atoms with E-state index in [1.54, 1.807) is 36.4 Å². The number of fused-ring (bicyclic) bond motifs is 3. The van der Waals surface area contributed by atoms with Gasteiger partial charge in [-0.25, -0.2) is 0 Å². The van der Waals surface area contributed by atoms with E-state index in [1.165, 1.54) is 9.80 Å². The topological polar surface area (TPSA) is 119 Å². The molecule has 3 aromatic carbocycles. The van der Waals surface area contributed by atoms with Crippen LogP contribution < -0.4 is 0 Å². The Kier molecular flexibility index (Phi) is 9.97. The highest BCUT2D eigenvalue weighted by atomic mass is 32.1. The Morgan fingerprint density at radius 1 is 0.592 bits per heavy atom. The number of carbonyl (C=O) groups excluding carboxylic acids is 4. The van der Waals surface area contributed by atoms with Crippen LogP contribution in [0.25, 0.3) is 11.0 Å². The average Bonchev–Trinajstić information content (AvgIpc) is 3.74. The van der Waals surface area contributed by atoms with E-state index < -0.39 is 0 Å². The standard InChI is InChI=1S/C38H34N4O6S/c1-23(2)47-19-5-17-41-35(43)29-15-9-25(21-31(29)37(41)45)7-11-27-13-14-28(34-33(27)39-49-40-34)12-8-26-10-16-30-32(22-26)38(46)42(36(30)44)18-6-20-48-24(3)4/h9-10,13-16,21-24H,5-6,17-20H2,1-4H3. The fourth-order valence-electron chi connectivity index (χ4n) is 5.57. The largest absolute Gasteiger partial charge is 0.379 e. The Labute approximate surface area is 288 Å². The first-order chi connectivity index (χ1) is 23.6. The van der Waals surface area contributed by atoms with Gasteiger partial charge in [0, 0.05) is 37.4 Å². The number of hydrogen-bond acceptors (Lipinski definition) is 9. The van der Waals surface area contributed by atoms with Crippen LogP contribution in [0.2, 0.25) is 0 Å². The van der Waals surface area contributed by atoms with Gasteiger partial charge >= 0.3 is 0 Å². The maximum absolute atomic E-state index is 13.0. The first kappa shape index (κ1) is 33.7. The summed E-state index contributed by atoms with van der Waals surface area (Å²) in [5, 5.41) is 0. The van der Waals surface area contributed by atoms with Crippen LogP contribution in [0.1, 0.15) is 104 Å². The van der Waals surface area contributed by atoms with E-state index in [0.29, 0.717) is 94.7 Å². The molecule has 10 nitrogen and oxygen atoms in total. The van der Waals surface area contributed by atoms with Gasteiger partial charge in [-0.3, -0.25) is 29.0 Å². The lowest BCUT2D eigenvalue weighted by Gasteiger charge is -2.14. The van der Waals surface area contributed by atoms with Gasteiger partial charge in [-0.15, -0.1) is 0 Å². The minimum atomic E-state index is -0.328. The van der Waals surface area contributed by atoms with E-state index in [4.69, 9.17) is 9.47 Å². The molecule has 0 atom stereocenters. The van der Waals surface area contributed by atoms with Crippen molar-refractivity contribution in [3.8, 4) is 23.7 Å². The van der Waals surface area contributed by atoms with Gasteiger partial charge in [0.15, 0.2) is 0 Å². The Morgan fingerprint density at radius 3 is 1.41 bits per heavy atom. The smallest absolute Gasteiger partial charge is 0.261 e. The van der Waals surface area contributed by atoms with E-state index in [9.17, 15) is 19.2 Å². The van der Waals surface area contributed by atoms with Crippen molar-refractivity contribution in [1.82, 2.24) is 18.5 Å². The van der Waals surface area contributed by atoms with Crippen molar-refractivity contribution in [2.75, 3.05) is 26.3 Å². The van der Waals surface area contributed by atoms with Crippen molar-refractivity contribution < 1.29 is 28.7 Å². The number of ether oxygens (including phenoxy) is 2. The molecule has 0 bridgehead atoms. The monoisotopic (exact) mass is 674 g/mol. The fraction of sp³-hybridized carbons (Fsp3) is 0.316. The van der Waals surface area contributed by atoms with Crippen LogP contribution in [-0.2, 0) is 9.47 Å². The predicted molar refractivity (Wildman–Crippen MR) is 184 cm³/mol. The Hall–Kier alpha value is -5.20. The number of carbonyl (C=O) groups is 4. The van der Waals surface area contributed by atoms with Gasteiger partial charge in [0.2, 0.25) is 0 Å². The van der Waals surface area contributed by atoms with Gasteiger partial charge in [-0.05, 0) is 89.1 Å². The summed E-state index contributed by atoms with van der Waals surface area (Å²) in [6.45, 7) is 9.29. The summed E-state index contributed by atoms with van der Waals surface area (Å²) in [6.07, 6.45) is 1.31. The van der Waals surface area contributed by atoms with Gasteiger partial charge in [-0.1, -0.05) is 23.7 Å². The molecule has 2 aliphatic rings. The lowest BCUT2D eigenvalue weighted by molar-refractivity contribution is 0.0550. The molecule has 49 heavy (non-hydrogen) atoms. The molecule has 0 saturated heterocycles. The molecule has 4 aromatic rings. The molecule has 11 heteroatoms. The molecule has 1 aromatic heterocycles. The molecule has 0 unspecified atom stereocenters. The molecular formula is C38H34N4O6S. The zero-order chi connectivity index (χ0) is 34.7. The van der Waals surface area contributed by atoms with Crippen molar-refractivity contribution in [2.45, 2.75) is 52.7 Å². The minimum Gasteiger partial charge on any atom is -0.379 e. The number of imide groups is 2. The molecule has 0 spiro atoms. The van der Waals surface area contributed by atoms with Crippen molar-refractivity contribution in [1.29, 1.82) is 0 Å². The van der Waals surface area contributed by atoms with Crippen LogP contribution in [0.4, 0.5) is 0 Å². The molecule has 4 amide bonds. The summed E-state index contributed by atoms with van der Waals surface area (Å²) in [4.78, 5) is 54.2. The molecule has 3 heterocycles. The minimum absolute atomic E-state index is 0.0869. The normalized spacial score (nSPS) is 13.7. The highest BCUT2D eigenvalue weighted by Crippen LogP contribution is 2.26. The molecule has 248 valence electrons. The summed E-state index contributed by atoms with van der Waals surface area (Å²) < 4.78 is 20.0. The van der Waals surface area contributed by atoms with Gasteiger partial charge in [-0.2, -0.15) is 8.75 Å². The highest BCUT2D eigenvalue weighted by molar-refractivity contribution is 7.00. The second-order valence-electron chi connectivity index (χ2n) is 12.2. The van der Waals surface area contributed by atoms with E-state index in [0.717, 1.165) is 11.7 Å². The number of aromatic nitrogens is 2. The second-order valence-corrected chi connectivity index (χ2v) is 12.7. The summed E-state index contributed by atoms with van der Waals surface area (Å²) >= 11 is 1.05. The number of hydrogen-bond donors (Lipinski definition) is 0. The third-order valence-corrected chi connectivity index (χ3v) is 8.52. The fourth-order valence-corrected chi connectivity index (χ4v) is 6.15. The van der Waals surface area contributed by atoms with Crippen LogP contribution in [0, 0.1) is 23.7 Å². The third-order valence-electron chi connectivity index (χ3n) is 7.99. The van der Waals surface area contributed by atoms with E-state index in [1.807, 2.05) is 39.8 Å². The molecule has 6 rings (SSSR count). The van der Waals surface area contributed by atoms with Crippen molar-refractivity contribution >= 4 is 46.4 Å². The number of nitrogens with zero attached hydrogens (tertiary/aromatic N) is 4. The second kappa shape index (κ2) is 14.5. The van der Waals surface area contributed by atoms with Crippen LogP contribution in [0.15, 0.2) is 48.5 Å². The molecule has 0 radical (unpaired) electrons. The van der Waals surface area contributed by atoms with Gasteiger partial charge in [0.1, 0.15) is 11.0 Å². The molecule has 2 aliphatic heterocycles. The Morgan fingerprint density at radius 2 is 1.00 bits per heavy atom. The molecule has 0 N–H and O–H groups in total. The maximum atomic E-state index is 13.0. The molecule has 0 saturated carbocycles. The van der Waals surface area contributed by atoms with E-state index in [-0.39, 0.29) is 35.8 Å². The highest BCUT2D eigenvalue weighted by Gasteiger charge is 2.36. The summed E-state index contributed by atoms with van der Waals surface area (Å²) in [5.74, 6) is 11.2. The molecule has 0 aliphatic carbocycles. The maximum Gasteiger partial charge on any atom is 0.261 e. The van der Waals surface area contributed by atoms with Crippen molar-refractivity contribution in [3.63, 3.8) is 0 Å². The van der Waals surface area contributed by atoms with Crippen LogP contribution in [0.5, 0.6) is 0 Å². The van der Waals surface area contributed by atoms with Crippen LogP contribution >= 0.6 is 11.7 Å². The van der Waals surface area contributed by atoms with Crippen LogP contribution in [0.3, 0.4) is 0 Å². The Bertz CT molecular complexity index is 1970. The molecule has 0 fully saturated rings. The Balaban J connectivity index is 1.16. The van der Waals surface area contributed by atoms with Gasteiger partial charge in [0.25, 0.3) is 23.6 Å². The first-order valence-corrected chi connectivity index (χ1v) is 16.9. The molecular weight excluding hydrogens is 641 g/mol. The van der Waals surface area contributed by atoms with E-state index >= 15 is 0 Å². The van der Waals surface area contributed by atoms with Crippen molar-refractivity contribution in [3.05, 3.63) is 93.0 Å². The predicted octanol–water partition coefficient (Wildman–Crippen LogP) is 5.31. The quantitative estimate of drug-likeness (QED) is 0.126. The first-order valence-electron chi connectivity index (χ1n) is 16.2.